The number of ether oxygens (including phenoxy) is 1. The Kier molecular flexibility index (Phi) is 2.00. The van der Waals surface area contributed by atoms with E-state index in [9.17, 15) is 4.79 Å². The molecule has 0 aliphatic carbocycles. The van der Waals surface area contributed by atoms with Crippen LogP contribution in [0.1, 0.15) is 16.2 Å². The first-order valence-corrected chi connectivity index (χ1v) is 4.13. The van der Waals surface area contributed by atoms with E-state index in [0.717, 1.165) is 0 Å². The van der Waals surface area contributed by atoms with Crippen molar-refractivity contribution in [1.29, 1.82) is 0 Å². The van der Waals surface area contributed by atoms with Crippen molar-refractivity contribution in [3.63, 3.8) is 0 Å². The van der Waals surface area contributed by atoms with Gasteiger partial charge in [-0.3, -0.25) is 0 Å². The molecule has 2 heterocycles. The molecule has 0 amide bonds. The average molecular weight is 208 g/mol. The fourth-order valence-corrected chi connectivity index (χ4v) is 1.26. The summed E-state index contributed by atoms with van der Waals surface area (Å²) in [6.07, 6.45) is 1.20. The van der Waals surface area contributed by atoms with Crippen LogP contribution in [0, 0.1) is 6.92 Å². The van der Waals surface area contributed by atoms with E-state index >= 15 is 0 Å². The summed E-state index contributed by atoms with van der Waals surface area (Å²) in [6, 6.07) is 0. The molecule has 0 aliphatic heterocycles. The van der Waals surface area contributed by atoms with Crippen molar-refractivity contribution < 1.29 is 14.6 Å². The minimum atomic E-state index is -1.12. The van der Waals surface area contributed by atoms with Gasteiger partial charge in [0.25, 0.3) is 5.78 Å². The number of aromatic carboxylic acids is 1. The molecule has 2 rings (SSSR count). The molecule has 0 radical (unpaired) electrons. The van der Waals surface area contributed by atoms with Crippen molar-refractivity contribution in [2.75, 3.05) is 7.11 Å². The summed E-state index contributed by atoms with van der Waals surface area (Å²) in [5.41, 5.74) is -0.0464. The van der Waals surface area contributed by atoms with Crippen LogP contribution in [0.3, 0.4) is 0 Å². The lowest BCUT2D eigenvalue weighted by atomic mass is 10.3. The molecule has 0 aliphatic rings. The van der Waals surface area contributed by atoms with Gasteiger partial charge in [-0.2, -0.15) is 9.50 Å². The Bertz CT molecular complexity index is 534. The van der Waals surface area contributed by atoms with Crippen LogP contribution in [0.4, 0.5) is 0 Å². The van der Waals surface area contributed by atoms with Gasteiger partial charge in [-0.15, -0.1) is 5.10 Å². The van der Waals surface area contributed by atoms with Gasteiger partial charge < -0.3 is 9.84 Å². The number of carbonyl (C=O) groups is 1. The first kappa shape index (κ1) is 9.38. The molecule has 0 unspecified atom stereocenters. The number of carboxylic acid groups (broad SMARTS) is 1. The number of aromatic nitrogens is 4. The lowest BCUT2D eigenvalue weighted by molar-refractivity contribution is 0.0691. The van der Waals surface area contributed by atoms with Crippen molar-refractivity contribution in [1.82, 2.24) is 19.6 Å². The van der Waals surface area contributed by atoms with Gasteiger partial charge in [-0.1, -0.05) is 0 Å². The number of rotatable bonds is 2. The Balaban J connectivity index is 2.80. The minimum absolute atomic E-state index is 0.0464. The lowest BCUT2D eigenvalue weighted by Crippen LogP contribution is -2.07. The Labute approximate surface area is 84.3 Å². The van der Waals surface area contributed by atoms with Crippen LogP contribution >= 0.6 is 0 Å². The number of methoxy groups -OCH3 is 1. The minimum Gasteiger partial charge on any atom is -0.480 e. The van der Waals surface area contributed by atoms with Crippen LogP contribution in [0.15, 0.2) is 6.20 Å². The molecule has 0 saturated carbocycles. The molecule has 2 aromatic rings. The molecule has 15 heavy (non-hydrogen) atoms. The van der Waals surface area contributed by atoms with Crippen LogP contribution in [-0.2, 0) is 0 Å². The van der Waals surface area contributed by atoms with E-state index in [1.165, 1.54) is 17.8 Å². The normalized spacial score (nSPS) is 10.5. The average Bonchev–Trinajstić information content (AvgIpc) is 2.55. The van der Waals surface area contributed by atoms with Crippen molar-refractivity contribution in [3.05, 3.63) is 17.6 Å². The van der Waals surface area contributed by atoms with Gasteiger partial charge in [0.2, 0.25) is 5.88 Å². The quantitative estimate of drug-likeness (QED) is 0.754. The second kappa shape index (κ2) is 3.19. The highest BCUT2D eigenvalue weighted by Crippen LogP contribution is 2.17. The standard InChI is InChI=1S/C8H8N4O3/c1-4-10-8-9-3-5(7(13)14)6(15-2)12(8)11-4/h3H,1-2H3,(H,13,14). The van der Waals surface area contributed by atoms with Gasteiger partial charge in [0, 0.05) is 0 Å². The molecule has 0 aromatic carbocycles. The van der Waals surface area contributed by atoms with E-state index in [4.69, 9.17) is 9.84 Å². The maximum atomic E-state index is 10.8. The Morgan fingerprint density at radius 2 is 2.33 bits per heavy atom. The molecule has 7 nitrogen and oxygen atoms in total. The van der Waals surface area contributed by atoms with Crippen molar-refractivity contribution in [2.24, 2.45) is 0 Å². The molecule has 78 valence electrons. The molecule has 0 bridgehead atoms. The molecule has 2 aromatic heterocycles. The topological polar surface area (TPSA) is 89.6 Å². The fraction of sp³-hybridized carbons (Fsp3) is 0.250. The SMILES string of the molecule is COc1c(C(=O)O)cnc2nc(C)nn12. The highest BCUT2D eigenvalue weighted by Gasteiger charge is 2.17. The van der Waals surface area contributed by atoms with Gasteiger partial charge >= 0.3 is 5.97 Å². The van der Waals surface area contributed by atoms with Gasteiger partial charge in [-0.05, 0) is 6.92 Å². The largest absolute Gasteiger partial charge is 0.480 e. The number of carboxylic acids is 1. The van der Waals surface area contributed by atoms with E-state index in [1.807, 2.05) is 0 Å². The lowest BCUT2D eigenvalue weighted by Gasteiger charge is -2.04. The van der Waals surface area contributed by atoms with E-state index in [0.29, 0.717) is 11.6 Å². The summed E-state index contributed by atoms with van der Waals surface area (Å²) >= 11 is 0. The molecule has 1 N–H and O–H groups in total. The first-order valence-electron chi connectivity index (χ1n) is 4.13. The highest BCUT2D eigenvalue weighted by atomic mass is 16.5. The number of aryl methyl sites for hydroxylation is 1. The summed E-state index contributed by atoms with van der Waals surface area (Å²) in [6.45, 7) is 1.69. The maximum Gasteiger partial charge on any atom is 0.342 e. The molecule has 0 saturated heterocycles. The zero-order chi connectivity index (χ0) is 11.0. The van der Waals surface area contributed by atoms with Crippen LogP contribution < -0.4 is 4.74 Å². The van der Waals surface area contributed by atoms with E-state index in [2.05, 4.69) is 15.1 Å². The Hall–Kier alpha value is -2.18. The van der Waals surface area contributed by atoms with Gasteiger partial charge in [0.15, 0.2) is 0 Å². The number of hydrogen-bond acceptors (Lipinski definition) is 5. The maximum absolute atomic E-state index is 10.8. The van der Waals surface area contributed by atoms with Crippen LogP contribution in [0.25, 0.3) is 5.78 Å². The first-order chi connectivity index (χ1) is 7.13. The number of hydrogen-bond donors (Lipinski definition) is 1. The third kappa shape index (κ3) is 1.37. The molecule has 0 atom stereocenters. The smallest absolute Gasteiger partial charge is 0.342 e. The second-order valence-electron chi connectivity index (χ2n) is 2.86. The summed E-state index contributed by atoms with van der Waals surface area (Å²) < 4.78 is 6.24. The van der Waals surface area contributed by atoms with Crippen molar-refractivity contribution in [2.45, 2.75) is 6.92 Å². The summed E-state index contributed by atoms with van der Waals surface area (Å²) in [4.78, 5) is 18.7. The van der Waals surface area contributed by atoms with E-state index in [-0.39, 0.29) is 11.4 Å². The molecular weight excluding hydrogens is 200 g/mol. The fourth-order valence-electron chi connectivity index (χ4n) is 1.26. The van der Waals surface area contributed by atoms with Crippen LogP contribution in [0.2, 0.25) is 0 Å². The van der Waals surface area contributed by atoms with E-state index in [1.54, 1.807) is 6.92 Å². The predicted molar refractivity (Wildman–Crippen MR) is 49.0 cm³/mol. The molecular formula is C8H8N4O3. The van der Waals surface area contributed by atoms with Crippen LogP contribution in [0.5, 0.6) is 5.88 Å². The van der Waals surface area contributed by atoms with Crippen molar-refractivity contribution in [3.8, 4) is 5.88 Å². The monoisotopic (exact) mass is 208 g/mol. The van der Waals surface area contributed by atoms with Crippen LogP contribution in [-0.4, -0.2) is 37.8 Å². The van der Waals surface area contributed by atoms with Gasteiger partial charge in [0.05, 0.1) is 13.3 Å². The molecule has 0 spiro atoms. The molecule has 7 heteroatoms. The Morgan fingerprint density at radius 1 is 1.60 bits per heavy atom. The predicted octanol–water partition coefficient (Wildman–Crippen LogP) is 0.140. The zero-order valence-corrected chi connectivity index (χ0v) is 8.13. The summed E-state index contributed by atoms with van der Waals surface area (Å²) in [7, 11) is 1.37. The van der Waals surface area contributed by atoms with Gasteiger partial charge in [0.1, 0.15) is 11.4 Å². The molecule has 0 fully saturated rings. The Morgan fingerprint density at radius 3 is 2.93 bits per heavy atom. The summed E-state index contributed by atoms with van der Waals surface area (Å²) in [5, 5.41) is 12.9. The number of fused-ring (bicyclic) bond motifs is 1. The van der Waals surface area contributed by atoms with Crippen molar-refractivity contribution >= 4 is 11.7 Å². The van der Waals surface area contributed by atoms with Gasteiger partial charge in [-0.25, -0.2) is 9.78 Å². The zero-order valence-electron chi connectivity index (χ0n) is 8.13. The number of nitrogens with zero attached hydrogens (tertiary/aromatic N) is 4. The van der Waals surface area contributed by atoms with E-state index < -0.39 is 5.97 Å². The summed E-state index contributed by atoms with van der Waals surface area (Å²) in [5.74, 6) is -0.180. The highest BCUT2D eigenvalue weighted by molar-refractivity contribution is 5.90. The second-order valence-corrected chi connectivity index (χ2v) is 2.86. The third-order valence-electron chi connectivity index (χ3n) is 1.85. The third-order valence-corrected chi connectivity index (χ3v) is 1.85.